The van der Waals surface area contributed by atoms with Gasteiger partial charge in [0.25, 0.3) is 11.8 Å². The van der Waals surface area contributed by atoms with Crippen molar-refractivity contribution in [3.8, 4) is 0 Å². The number of anilines is 1. The van der Waals surface area contributed by atoms with E-state index in [-0.39, 0.29) is 11.7 Å². The van der Waals surface area contributed by atoms with Crippen LogP contribution in [0, 0.1) is 24.0 Å². The van der Waals surface area contributed by atoms with Gasteiger partial charge in [-0.15, -0.1) is 11.3 Å². The third-order valence-electron chi connectivity index (χ3n) is 3.06. The van der Waals surface area contributed by atoms with E-state index in [1.165, 1.54) is 24.5 Å². The number of hydrogen-bond acceptors (Lipinski definition) is 6. The summed E-state index contributed by atoms with van der Waals surface area (Å²) in [6.07, 6.45) is 0. The first-order chi connectivity index (χ1) is 10.3. The summed E-state index contributed by atoms with van der Waals surface area (Å²) in [7, 11) is 1.50. The third-order valence-corrected chi connectivity index (χ3v) is 4.18. The second-order valence-corrected chi connectivity index (χ2v) is 5.64. The first-order valence-corrected chi connectivity index (χ1v) is 7.04. The molecule has 0 saturated heterocycles. The van der Waals surface area contributed by atoms with Gasteiger partial charge in [0.1, 0.15) is 9.92 Å². The molecule has 8 nitrogen and oxygen atoms in total. The lowest BCUT2D eigenvalue weighted by Crippen LogP contribution is -2.21. The highest BCUT2D eigenvalue weighted by atomic mass is 32.1. The lowest BCUT2D eigenvalue weighted by molar-refractivity contribution is -0.402. The largest absolute Gasteiger partial charge is 0.433 e. The summed E-state index contributed by atoms with van der Waals surface area (Å²) in [5, 5.41) is 16.0. The maximum atomic E-state index is 12.1. The highest BCUT2D eigenvalue weighted by Gasteiger charge is 2.23. The van der Waals surface area contributed by atoms with E-state index in [4.69, 9.17) is 4.42 Å². The molecule has 2 heterocycles. The lowest BCUT2D eigenvalue weighted by Gasteiger charge is -2.05. The summed E-state index contributed by atoms with van der Waals surface area (Å²) in [6, 6.07) is 2.31. The molecule has 0 aromatic carbocycles. The molecule has 0 saturated carbocycles. The Kier molecular flexibility index (Phi) is 4.27. The molecule has 116 valence electrons. The molecule has 2 amide bonds. The van der Waals surface area contributed by atoms with Crippen molar-refractivity contribution in [1.82, 2.24) is 5.32 Å². The second kappa shape index (κ2) is 5.98. The zero-order chi connectivity index (χ0) is 16.4. The summed E-state index contributed by atoms with van der Waals surface area (Å²) in [6.45, 7) is 3.61. The Morgan fingerprint density at radius 1 is 1.27 bits per heavy atom. The van der Waals surface area contributed by atoms with E-state index in [0.717, 1.165) is 16.5 Å². The fraction of sp³-hybridized carbons (Fsp3) is 0.231. The first kappa shape index (κ1) is 15.7. The van der Waals surface area contributed by atoms with Crippen LogP contribution in [0.2, 0.25) is 0 Å². The summed E-state index contributed by atoms with van der Waals surface area (Å²) in [4.78, 5) is 34.7. The van der Waals surface area contributed by atoms with Crippen LogP contribution in [0.1, 0.15) is 31.4 Å². The van der Waals surface area contributed by atoms with Gasteiger partial charge in [-0.1, -0.05) is 0 Å². The van der Waals surface area contributed by atoms with Gasteiger partial charge in [-0.3, -0.25) is 19.7 Å². The summed E-state index contributed by atoms with van der Waals surface area (Å²) in [5.41, 5.74) is 1.14. The minimum absolute atomic E-state index is 0.196. The fourth-order valence-corrected chi connectivity index (χ4v) is 2.88. The molecule has 2 N–H and O–H groups in total. The fourth-order valence-electron chi connectivity index (χ4n) is 1.83. The number of carbonyl (C=O) groups is 2. The molecule has 0 atom stereocenters. The molecule has 0 aliphatic carbocycles. The molecule has 0 spiro atoms. The van der Waals surface area contributed by atoms with Crippen LogP contribution in [0.5, 0.6) is 0 Å². The lowest BCUT2D eigenvalue weighted by atomic mass is 10.1. The number of nitrogens with zero attached hydrogens (tertiary/aromatic N) is 1. The monoisotopic (exact) mass is 323 g/mol. The summed E-state index contributed by atoms with van der Waals surface area (Å²) >= 11 is 1.25. The van der Waals surface area contributed by atoms with Crippen LogP contribution in [0.25, 0.3) is 0 Å². The van der Waals surface area contributed by atoms with E-state index in [2.05, 4.69) is 10.6 Å². The maximum absolute atomic E-state index is 12.1. The number of nitrogens with one attached hydrogen (secondary N) is 2. The third kappa shape index (κ3) is 2.84. The van der Waals surface area contributed by atoms with Crippen LogP contribution in [-0.2, 0) is 0 Å². The highest BCUT2D eigenvalue weighted by Crippen LogP contribution is 2.32. The van der Waals surface area contributed by atoms with Crippen LogP contribution in [-0.4, -0.2) is 23.8 Å². The van der Waals surface area contributed by atoms with Gasteiger partial charge in [-0.05, 0) is 25.5 Å². The van der Waals surface area contributed by atoms with E-state index >= 15 is 0 Å². The number of aryl methyl sites for hydroxylation is 1. The number of rotatable bonds is 4. The van der Waals surface area contributed by atoms with Crippen LogP contribution in [0.4, 0.5) is 10.9 Å². The van der Waals surface area contributed by atoms with Crippen molar-refractivity contribution in [2.24, 2.45) is 0 Å². The molecule has 0 unspecified atom stereocenters. The molecule has 2 aromatic rings. The Morgan fingerprint density at radius 2 is 1.95 bits per heavy atom. The molecule has 0 aliphatic heterocycles. The molecule has 0 aliphatic rings. The van der Waals surface area contributed by atoms with Gasteiger partial charge in [0.05, 0.1) is 11.6 Å². The summed E-state index contributed by atoms with van der Waals surface area (Å²) < 4.78 is 4.84. The Hall–Kier alpha value is -2.68. The second-order valence-electron chi connectivity index (χ2n) is 4.42. The van der Waals surface area contributed by atoms with Gasteiger partial charge in [-0.25, -0.2) is 0 Å². The molecule has 22 heavy (non-hydrogen) atoms. The molecule has 0 fully saturated rings. The van der Waals surface area contributed by atoms with Gasteiger partial charge in [0.2, 0.25) is 0 Å². The Morgan fingerprint density at radius 3 is 2.50 bits per heavy atom. The number of carbonyl (C=O) groups excluding carboxylic acids is 2. The van der Waals surface area contributed by atoms with E-state index in [1.54, 1.807) is 6.92 Å². The van der Waals surface area contributed by atoms with Gasteiger partial charge < -0.3 is 15.1 Å². The minimum Gasteiger partial charge on any atom is -0.395 e. The maximum Gasteiger partial charge on any atom is 0.433 e. The standard InChI is InChI=1S/C13H13N3O5S/c1-6-7(2)22-13(10(6)12(18)14-3)15-11(17)8-4-5-9(21-8)16(19)20/h4-5H,1-3H3,(H,14,18)(H,15,17). The number of hydrogen-bond donors (Lipinski definition) is 2. The SMILES string of the molecule is CNC(=O)c1c(NC(=O)c2ccc([N+](=O)[O-])o2)sc(C)c1C. The van der Waals surface area contributed by atoms with E-state index in [9.17, 15) is 19.7 Å². The van der Waals surface area contributed by atoms with Crippen molar-refractivity contribution < 1.29 is 18.9 Å². The number of amides is 2. The van der Waals surface area contributed by atoms with Crippen LogP contribution < -0.4 is 10.6 Å². The molecule has 0 bridgehead atoms. The predicted octanol–water partition coefficient (Wildman–Crippen LogP) is 2.48. The highest BCUT2D eigenvalue weighted by molar-refractivity contribution is 7.16. The average molecular weight is 323 g/mol. The number of thiophene rings is 1. The van der Waals surface area contributed by atoms with Crippen molar-refractivity contribution in [3.05, 3.63) is 44.0 Å². The Bertz CT molecular complexity index is 762. The molecule has 0 radical (unpaired) electrons. The minimum atomic E-state index is -0.730. The zero-order valence-electron chi connectivity index (χ0n) is 12.1. The van der Waals surface area contributed by atoms with Gasteiger partial charge >= 0.3 is 5.88 Å². The van der Waals surface area contributed by atoms with Crippen molar-refractivity contribution >= 4 is 34.0 Å². The molecular formula is C13H13N3O5S. The van der Waals surface area contributed by atoms with E-state index in [0.29, 0.717) is 10.6 Å². The van der Waals surface area contributed by atoms with Crippen molar-refractivity contribution in [1.29, 1.82) is 0 Å². The first-order valence-electron chi connectivity index (χ1n) is 6.22. The van der Waals surface area contributed by atoms with Crippen molar-refractivity contribution in [3.63, 3.8) is 0 Å². The molecule has 2 aromatic heterocycles. The Balaban J connectivity index is 2.30. The quantitative estimate of drug-likeness (QED) is 0.662. The average Bonchev–Trinajstić information content (AvgIpc) is 3.05. The zero-order valence-corrected chi connectivity index (χ0v) is 12.9. The van der Waals surface area contributed by atoms with Crippen molar-refractivity contribution in [2.45, 2.75) is 13.8 Å². The predicted molar refractivity (Wildman–Crippen MR) is 80.5 cm³/mol. The van der Waals surface area contributed by atoms with E-state index < -0.39 is 16.7 Å². The van der Waals surface area contributed by atoms with Crippen LogP contribution in [0.15, 0.2) is 16.5 Å². The normalized spacial score (nSPS) is 10.3. The summed E-state index contributed by atoms with van der Waals surface area (Å²) in [5.74, 6) is -1.68. The smallest absolute Gasteiger partial charge is 0.395 e. The van der Waals surface area contributed by atoms with Gasteiger partial charge in [-0.2, -0.15) is 0 Å². The number of furan rings is 1. The van der Waals surface area contributed by atoms with Crippen LogP contribution in [0.3, 0.4) is 0 Å². The number of nitro groups is 1. The molecule has 2 rings (SSSR count). The Labute approximate surface area is 129 Å². The van der Waals surface area contributed by atoms with E-state index in [1.807, 2.05) is 6.92 Å². The topological polar surface area (TPSA) is 114 Å². The van der Waals surface area contributed by atoms with Crippen LogP contribution >= 0.6 is 11.3 Å². The molecule has 9 heteroatoms. The molecular weight excluding hydrogens is 310 g/mol. The van der Waals surface area contributed by atoms with Crippen molar-refractivity contribution in [2.75, 3.05) is 12.4 Å². The van der Waals surface area contributed by atoms with Gasteiger partial charge in [0, 0.05) is 11.9 Å². The van der Waals surface area contributed by atoms with Gasteiger partial charge in [0.15, 0.2) is 5.76 Å².